The molecule has 31 heavy (non-hydrogen) atoms. The minimum Gasteiger partial charge on any atom is -0.407 e. The first-order valence-electron chi connectivity index (χ1n) is 9.16. The Morgan fingerprint density at radius 1 is 1.23 bits per heavy atom. The number of nitrogens with zero attached hydrogens (tertiary/aromatic N) is 3. The summed E-state index contributed by atoms with van der Waals surface area (Å²) in [5.74, 6) is -1.39. The number of carbonyl (C=O) groups is 1. The first kappa shape index (κ1) is 22.2. The number of aromatic nitrogens is 1. The van der Waals surface area contributed by atoms with E-state index in [0.29, 0.717) is 5.69 Å². The Labute approximate surface area is 177 Å². The molecule has 1 heterocycles. The molecule has 3 rings (SSSR count). The van der Waals surface area contributed by atoms with Gasteiger partial charge in [0.25, 0.3) is 5.69 Å². The van der Waals surface area contributed by atoms with Crippen LogP contribution in [0.15, 0.2) is 56.6 Å². The van der Waals surface area contributed by atoms with Gasteiger partial charge in [-0.1, -0.05) is 0 Å². The largest absolute Gasteiger partial charge is 0.420 e. The second kappa shape index (κ2) is 8.32. The van der Waals surface area contributed by atoms with Crippen LogP contribution in [0.25, 0.3) is 11.1 Å². The Morgan fingerprint density at radius 2 is 1.87 bits per heavy atom. The molecular weight excluding hydrogens is 428 g/mol. The second-order valence-corrected chi connectivity index (χ2v) is 9.05. The highest BCUT2D eigenvalue weighted by molar-refractivity contribution is 7.89. The summed E-state index contributed by atoms with van der Waals surface area (Å²) < 4.78 is 32.3. The van der Waals surface area contributed by atoms with Gasteiger partial charge in [0.15, 0.2) is 5.58 Å². The number of amides is 1. The number of benzene rings is 2. The maximum Gasteiger partial charge on any atom is 0.420 e. The fourth-order valence-electron chi connectivity index (χ4n) is 2.82. The summed E-state index contributed by atoms with van der Waals surface area (Å²) in [7, 11) is -2.17. The molecule has 0 aliphatic rings. The molecule has 0 aliphatic heterocycles. The van der Waals surface area contributed by atoms with Crippen molar-refractivity contribution >= 4 is 38.4 Å². The number of anilines is 1. The van der Waals surface area contributed by atoms with Crippen LogP contribution in [0.1, 0.15) is 13.8 Å². The normalized spacial score (nSPS) is 11.9. The summed E-state index contributed by atoms with van der Waals surface area (Å²) in [6.45, 7) is 3.12. The zero-order chi connectivity index (χ0) is 22.9. The van der Waals surface area contributed by atoms with Gasteiger partial charge < -0.3 is 9.73 Å². The molecule has 1 N–H and O–H groups in total. The molecule has 0 fully saturated rings. The minimum atomic E-state index is -3.65. The van der Waals surface area contributed by atoms with Crippen molar-refractivity contribution in [1.29, 1.82) is 0 Å². The number of hydrogen-bond acceptors (Lipinski definition) is 7. The second-order valence-electron chi connectivity index (χ2n) is 7.05. The van der Waals surface area contributed by atoms with E-state index < -0.39 is 26.6 Å². The summed E-state index contributed by atoms with van der Waals surface area (Å²) in [4.78, 5) is 34.8. The monoisotopic (exact) mass is 448 g/mol. The fraction of sp³-hybridized carbons (Fsp3) is 0.263. The van der Waals surface area contributed by atoms with E-state index in [0.717, 1.165) is 10.6 Å². The number of rotatable bonds is 7. The van der Waals surface area contributed by atoms with E-state index >= 15 is 0 Å². The minimum absolute atomic E-state index is 0.00386. The molecule has 0 unspecified atom stereocenters. The third-order valence-corrected chi connectivity index (χ3v) is 6.75. The third kappa shape index (κ3) is 4.49. The lowest BCUT2D eigenvalue weighted by atomic mass is 10.3. The van der Waals surface area contributed by atoms with E-state index in [1.807, 2.05) is 0 Å². The van der Waals surface area contributed by atoms with Crippen LogP contribution < -0.4 is 11.1 Å². The highest BCUT2D eigenvalue weighted by Crippen LogP contribution is 2.21. The number of nitrogens with one attached hydrogen (secondary N) is 1. The third-order valence-electron chi connectivity index (χ3n) is 4.71. The Balaban J connectivity index is 1.77. The Kier molecular flexibility index (Phi) is 5.95. The summed E-state index contributed by atoms with van der Waals surface area (Å²) in [5.41, 5.74) is 0.336. The van der Waals surface area contributed by atoms with Gasteiger partial charge in [0, 0.05) is 24.8 Å². The van der Waals surface area contributed by atoms with E-state index in [-0.39, 0.29) is 34.3 Å². The number of nitro benzene ring substituents is 1. The lowest BCUT2D eigenvalue weighted by Gasteiger charge is -2.21. The van der Waals surface area contributed by atoms with Crippen molar-refractivity contribution in [1.82, 2.24) is 8.87 Å². The number of hydrogen-bond donors (Lipinski definition) is 1. The number of nitro groups is 1. The van der Waals surface area contributed by atoms with Crippen molar-refractivity contribution in [2.75, 3.05) is 12.4 Å². The van der Waals surface area contributed by atoms with Crippen molar-refractivity contribution in [2.24, 2.45) is 0 Å². The van der Waals surface area contributed by atoms with E-state index in [1.165, 1.54) is 47.8 Å². The maximum atomic E-state index is 12.5. The molecule has 0 atom stereocenters. The molecule has 3 aromatic rings. The van der Waals surface area contributed by atoms with E-state index in [9.17, 15) is 28.1 Å². The fourth-order valence-corrected chi connectivity index (χ4v) is 4.18. The molecule has 0 aliphatic carbocycles. The lowest BCUT2D eigenvalue weighted by Crippen LogP contribution is -2.33. The summed E-state index contributed by atoms with van der Waals surface area (Å²) in [6.07, 6.45) is 0. The van der Waals surface area contributed by atoms with Gasteiger partial charge in [-0.3, -0.25) is 19.5 Å². The number of sulfonamides is 1. The Hall–Kier alpha value is -3.51. The number of fused-ring (bicyclic) bond motifs is 1. The molecule has 1 amide bonds. The number of carbonyl (C=O) groups excluding carboxylic acids is 1. The van der Waals surface area contributed by atoms with Crippen LogP contribution in [0, 0.1) is 10.1 Å². The van der Waals surface area contributed by atoms with Gasteiger partial charge >= 0.3 is 5.76 Å². The molecule has 2 aromatic carbocycles. The van der Waals surface area contributed by atoms with Crippen LogP contribution >= 0.6 is 0 Å². The topological polar surface area (TPSA) is 145 Å². The van der Waals surface area contributed by atoms with Crippen molar-refractivity contribution < 1.29 is 22.6 Å². The quantitative estimate of drug-likeness (QED) is 0.431. The highest BCUT2D eigenvalue weighted by Gasteiger charge is 2.23. The predicted octanol–water partition coefficient (Wildman–Crippen LogP) is 2.17. The lowest BCUT2D eigenvalue weighted by molar-refractivity contribution is -0.384. The summed E-state index contributed by atoms with van der Waals surface area (Å²) >= 11 is 0. The molecule has 0 radical (unpaired) electrons. The molecule has 0 bridgehead atoms. The first-order chi connectivity index (χ1) is 14.5. The zero-order valence-electron chi connectivity index (χ0n) is 16.9. The SMILES string of the molecule is CC(C)N(C)S(=O)(=O)c1ccc(NC(=O)Cn2c(=O)oc3cc([N+](=O)[O-])ccc32)cc1. The summed E-state index contributed by atoms with van der Waals surface area (Å²) in [6, 6.07) is 9.07. The van der Waals surface area contributed by atoms with Gasteiger partial charge in [-0.15, -0.1) is 0 Å². The zero-order valence-corrected chi connectivity index (χ0v) is 17.8. The van der Waals surface area contributed by atoms with Gasteiger partial charge in [0.05, 0.1) is 21.4 Å². The molecule has 0 saturated carbocycles. The van der Waals surface area contributed by atoms with Gasteiger partial charge in [0.2, 0.25) is 15.9 Å². The Morgan fingerprint density at radius 3 is 2.45 bits per heavy atom. The molecule has 164 valence electrons. The number of oxazole rings is 1. The maximum absolute atomic E-state index is 12.5. The van der Waals surface area contributed by atoms with E-state index in [2.05, 4.69) is 5.32 Å². The van der Waals surface area contributed by atoms with Crippen LogP contribution in [0.2, 0.25) is 0 Å². The van der Waals surface area contributed by atoms with Crippen molar-refractivity contribution in [3.05, 3.63) is 63.1 Å². The van der Waals surface area contributed by atoms with Gasteiger partial charge in [-0.2, -0.15) is 4.31 Å². The van der Waals surface area contributed by atoms with Crippen LogP contribution in [0.3, 0.4) is 0 Å². The average Bonchev–Trinajstić information content (AvgIpc) is 3.01. The van der Waals surface area contributed by atoms with Crippen LogP contribution in [0.4, 0.5) is 11.4 Å². The highest BCUT2D eigenvalue weighted by atomic mass is 32.2. The van der Waals surface area contributed by atoms with E-state index in [1.54, 1.807) is 13.8 Å². The van der Waals surface area contributed by atoms with Crippen molar-refractivity contribution in [3.63, 3.8) is 0 Å². The molecule has 0 saturated heterocycles. The van der Waals surface area contributed by atoms with Gasteiger partial charge in [0.1, 0.15) is 6.54 Å². The summed E-state index contributed by atoms with van der Waals surface area (Å²) in [5, 5.41) is 13.4. The van der Waals surface area contributed by atoms with E-state index in [4.69, 9.17) is 4.42 Å². The molecule has 11 nitrogen and oxygen atoms in total. The number of non-ortho nitro benzene ring substituents is 1. The molecule has 1 aromatic heterocycles. The molecular formula is C19H20N4O7S. The van der Waals surface area contributed by atoms with Gasteiger partial charge in [-0.25, -0.2) is 13.2 Å². The van der Waals surface area contributed by atoms with Crippen LogP contribution in [-0.2, 0) is 21.4 Å². The predicted molar refractivity (Wildman–Crippen MR) is 112 cm³/mol. The first-order valence-corrected chi connectivity index (χ1v) is 10.6. The van der Waals surface area contributed by atoms with Crippen LogP contribution in [0.5, 0.6) is 0 Å². The standard InChI is InChI=1S/C19H20N4O7S/c1-12(2)21(3)31(28,29)15-7-4-13(5-8-15)20-18(24)11-22-16-9-6-14(23(26)27)10-17(16)30-19(22)25/h4-10,12H,11H2,1-3H3,(H,20,24). The average molecular weight is 448 g/mol. The van der Waals surface area contributed by atoms with Crippen molar-refractivity contribution in [2.45, 2.75) is 31.3 Å². The van der Waals surface area contributed by atoms with Crippen molar-refractivity contribution in [3.8, 4) is 0 Å². The van der Waals surface area contributed by atoms with Gasteiger partial charge in [-0.05, 0) is 44.2 Å². The molecule has 0 spiro atoms. The smallest absolute Gasteiger partial charge is 0.407 e. The Bertz CT molecular complexity index is 1310. The molecule has 12 heteroatoms. The van der Waals surface area contributed by atoms with Crippen LogP contribution in [-0.4, -0.2) is 41.2 Å².